The fourth-order valence-corrected chi connectivity index (χ4v) is 2.17. The molecule has 0 N–H and O–H groups in total. The zero-order chi connectivity index (χ0) is 13.5. The smallest absolute Gasteiger partial charge is 0.0911 e. The Bertz CT molecular complexity index is 324. The second kappa shape index (κ2) is 7.33. The summed E-state index contributed by atoms with van der Waals surface area (Å²) in [6.45, 7) is 13.3. The van der Waals surface area contributed by atoms with E-state index in [1.807, 2.05) is 6.92 Å². The van der Waals surface area contributed by atoms with Crippen molar-refractivity contribution in [1.82, 2.24) is 0 Å². The maximum absolute atomic E-state index is 8.61. The van der Waals surface area contributed by atoms with Gasteiger partial charge in [-0.1, -0.05) is 44.9 Å². The molecule has 17 heavy (non-hydrogen) atoms. The molecule has 0 radical (unpaired) electrons. The minimum absolute atomic E-state index is 0.246. The standard InChI is InChI=1S/C16H27N/c1-13(2)11-14(3)7-9-16(5,6)12-15(4)8-10-17/h7-8,13H,9,11-12H2,1-6H3/b14-7+,15-8-. The van der Waals surface area contributed by atoms with Crippen LogP contribution in [0.5, 0.6) is 0 Å². The summed E-state index contributed by atoms with van der Waals surface area (Å²) in [5.74, 6) is 0.731. The van der Waals surface area contributed by atoms with Gasteiger partial charge in [-0.2, -0.15) is 5.26 Å². The second-order valence-corrected chi connectivity index (χ2v) is 6.31. The molecule has 0 rings (SSSR count). The molecular formula is C16H27N. The van der Waals surface area contributed by atoms with Gasteiger partial charge in [-0.3, -0.25) is 0 Å². The Kier molecular flexibility index (Phi) is 6.88. The van der Waals surface area contributed by atoms with Gasteiger partial charge in [0.1, 0.15) is 0 Å². The van der Waals surface area contributed by atoms with Crippen LogP contribution in [0.2, 0.25) is 0 Å². The molecule has 0 aliphatic rings. The van der Waals surface area contributed by atoms with Gasteiger partial charge in [0.2, 0.25) is 0 Å². The molecule has 0 spiro atoms. The molecule has 0 amide bonds. The third kappa shape index (κ3) is 8.74. The highest BCUT2D eigenvalue weighted by atomic mass is 14.2. The zero-order valence-corrected chi connectivity index (χ0v) is 12.3. The Hall–Kier alpha value is -1.03. The monoisotopic (exact) mass is 233 g/mol. The van der Waals surface area contributed by atoms with Gasteiger partial charge in [0.25, 0.3) is 0 Å². The van der Waals surface area contributed by atoms with E-state index in [0.29, 0.717) is 0 Å². The van der Waals surface area contributed by atoms with Crippen molar-refractivity contribution in [2.24, 2.45) is 11.3 Å². The fraction of sp³-hybridized carbons (Fsp3) is 0.688. The number of hydrogen-bond acceptors (Lipinski definition) is 1. The van der Waals surface area contributed by atoms with E-state index in [1.54, 1.807) is 6.08 Å². The first kappa shape index (κ1) is 16.0. The van der Waals surface area contributed by atoms with Crippen LogP contribution in [0.15, 0.2) is 23.3 Å². The molecule has 0 aliphatic carbocycles. The van der Waals surface area contributed by atoms with Crippen LogP contribution in [-0.4, -0.2) is 0 Å². The maximum Gasteiger partial charge on any atom is 0.0911 e. The van der Waals surface area contributed by atoms with Crippen LogP contribution in [0.25, 0.3) is 0 Å². The number of rotatable bonds is 6. The third-order valence-electron chi connectivity index (χ3n) is 2.80. The molecule has 1 nitrogen and oxygen atoms in total. The number of allylic oxidation sites excluding steroid dienone is 4. The molecule has 0 atom stereocenters. The molecule has 0 unspecified atom stereocenters. The largest absolute Gasteiger partial charge is 0.193 e. The molecule has 0 saturated carbocycles. The zero-order valence-electron chi connectivity index (χ0n) is 12.3. The highest BCUT2D eigenvalue weighted by Crippen LogP contribution is 2.30. The Morgan fingerprint density at radius 3 is 2.29 bits per heavy atom. The van der Waals surface area contributed by atoms with E-state index in [2.05, 4.69) is 46.8 Å². The average Bonchev–Trinajstić information content (AvgIpc) is 2.13. The van der Waals surface area contributed by atoms with Crippen LogP contribution in [-0.2, 0) is 0 Å². The molecule has 1 heteroatoms. The molecule has 0 heterocycles. The topological polar surface area (TPSA) is 23.8 Å². The minimum Gasteiger partial charge on any atom is -0.193 e. The van der Waals surface area contributed by atoms with Crippen LogP contribution in [0.3, 0.4) is 0 Å². The van der Waals surface area contributed by atoms with Gasteiger partial charge in [0.05, 0.1) is 6.07 Å². The summed E-state index contributed by atoms with van der Waals surface area (Å²) in [5, 5.41) is 8.61. The summed E-state index contributed by atoms with van der Waals surface area (Å²) < 4.78 is 0. The quantitative estimate of drug-likeness (QED) is 0.454. The highest BCUT2D eigenvalue weighted by Gasteiger charge is 2.16. The predicted octanol–water partition coefficient (Wildman–Crippen LogP) is 5.26. The molecule has 0 aromatic heterocycles. The van der Waals surface area contributed by atoms with Gasteiger partial charge in [0.15, 0.2) is 0 Å². The van der Waals surface area contributed by atoms with Crippen molar-refractivity contribution < 1.29 is 0 Å². The van der Waals surface area contributed by atoms with Gasteiger partial charge in [-0.15, -0.1) is 0 Å². The van der Waals surface area contributed by atoms with E-state index in [9.17, 15) is 0 Å². The Labute approximate surface area is 107 Å². The van der Waals surface area contributed by atoms with Crippen molar-refractivity contribution in [1.29, 1.82) is 5.26 Å². The van der Waals surface area contributed by atoms with Crippen molar-refractivity contribution in [2.75, 3.05) is 0 Å². The first-order valence-electron chi connectivity index (χ1n) is 6.48. The Morgan fingerprint density at radius 2 is 1.82 bits per heavy atom. The Morgan fingerprint density at radius 1 is 1.24 bits per heavy atom. The van der Waals surface area contributed by atoms with Gasteiger partial charge in [0, 0.05) is 6.08 Å². The van der Waals surface area contributed by atoms with E-state index >= 15 is 0 Å². The van der Waals surface area contributed by atoms with E-state index in [4.69, 9.17) is 5.26 Å². The van der Waals surface area contributed by atoms with Gasteiger partial charge >= 0.3 is 0 Å². The van der Waals surface area contributed by atoms with E-state index < -0.39 is 0 Å². The molecular weight excluding hydrogens is 206 g/mol. The summed E-state index contributed by atoms with van der Waals surface area (Å²) in [6.07, 6.45) is 7.28. The molecule has 0 saturated heterocycles. The van der Waals surface area contributed by atoms with E-state index in [1.165, 1.54) is 17.6 Å². The highest BCUT2D eigenvalue weighted by molar-refractivity contribution is 5.13. The van der Waals surface area contributed by atoms with Crippen molar-refractivity contribution in [2.45, 2.75) is 60.8 Å². The van der Waals surface area contributed by atoms with Crippen LogP contribution in [0.1, 0.15) is 60.8 Å². The number of nitriles is 1. The summed E-state index contributed by atoms with van der Waals surface area (Å²) in [6, 6.07) is 2.10. The summed E-state index contributed by atoms with van der Waals surface area (Å²) >= 11 is 0. The minimum atomic E-state index is 0.246. The second-order valence-electron chi connectivity index (χ2n) is 6.31. The van der Waals surface area contributed by atoms with Crippen LogP contribution < -0.4 is 0 Å². The van der Waals surface area contributed by atoms with Crippen molar-refractivity contribution >= 4 is 0 Å². The molecule has 0 aromatic carbocycles. The summed E-state index contributed by atoms with van der Waals surface area (Å²) in [7, 11) is 0. The SMILES string of the molecule is C/C(=C/C#N)CC(C)(C)C/C=C(\C)CC(C)C. The van der Waals surface area contributed by atoms with E-state index in [-0.39, 0.29) is 5.41 Å². The van der Waals surface area contributed by atoms with E-state index in [0.717, 1.165) is 18.8 Å². The van der Waals surface area contributed by atoms with Crippen molar-refractivity contribution in [3.8, 4) is 6.07 Å². The van der Waals surface area contributed by atoms with Crippen LogP contribution in [0, 0.1) is 22.7 Å². The first-order valence-corrected chi connectivity index (χ1v) is 6.48. The maximum atomic E-state index is 8.61. The van der Waals surface area contributed by atoms with Crippen molar-refractivity contribution in [3.05, 3.63) is 23.3 Å². The molecule has 0 bridgehead atoms. The lowest BCUT2D eigenvalue weighted by Gasteiger charge is -2.23. The van der Waals surface area contributed by atoms with Gasteiger partial charge < -0.3 is 0 Å². The van der Waals surface area contributed by atoms with Crippen LogP contribution >= 0.6 is 0 Å². The first-order chi connectivity index (χ1) is 7.76. The molecule has 96 valence electrons. The predicted molar refractivity (Wildman–Crippen MR) is 75.6 cm³/mol. The number of hydrogen-bond donors (Lipinski definition) is 0. The lowest BCUT2D eigenvalue weighted by Crippen LogP contribution is -2.10. The molecule has 0 aliphatic heterocycles. The molecule has 0 fully saturated rings. The van der Waals surface area contributed by atoms with Gasteiger partial charge in [-0.05, 0) is 44.4 Å². The van der Waals surface area contributed by atoms with Crippen LogP contribution in [0.4, 0.5) is 0 Å². The number of nitrogens with zero attached hydrogens (tertiary/aromatic N) is 1. The third-order valence-corrected chi connectivity index (χ3v) is 2.80. The van der Waals surface area contributed by atoms with Crippen molar-refractivity contribution in [3.63, 3.8) is 0 Å². The lowest BCUT2D eigenvalue weighted by atomic mass is 9.82. The molecule has 0 aromatic rings. The Balaban J connectivity index is 4.36. The normalized spacial score (nSPS) is 14.0. The summed E-state index contributed by atoms with van der Waals surface area (Å²) in [5.41, 5.74) is 2.90. The van der Waals surface area contributed by atoms with Gasteiger partial charge in [-0.25, -0.2) is 0 Å². The lowest BCUT2D eigenvalue weighted by molar-refractivity contribution is 0.366. The summed E-state index contributed by atoms with van der Waals surface area (Å²) in [4.78, 5) is 0. The average molecular weight is 233 g/mol. The fourth-order valence-electron chi connectivity index (χ4n) is 2.17.